The largest absolute Gasteiger partial charge is 0.487 e. The van der Waals surface area contributed by atoms with Crippen molar-refractivity contribution in [1.82, 2.24) is 0 Å². The monoisotopic (exact) mass is 1290 g/mol. The van der Waals surface area contributed by atoms with E-state index in [9.17, 15) is 30.0 Å². The lowest BCUT2D eigenvalue weighted by molar-refractivity contribution is -0.143. The van der Waals surface area contributed by atoms with Crippen LogP contribution >= 0.6 is 0 Å². The summed E-state index contributed by atoms with van der Waals surface area (Å²) in [4.78, 5) is 22.7. The number of benzene rings is 2. The molecular formula is C80H131BO10Si. The van der Waals surface area contributed by atoms with Crippen LogP contribution in [0.3, 0.4) is 0 Å². The summed E-state index contributed by atoms with van der Waals surface area (Å²) < 4.78 is 24.1. The van der Waals surface area contributed by atoms with Gasteiger partial charge < -0.3 is 43.7 Å². The number of allylic oxidation sites excluding steroid dienone is 2. The van der Waals surface area contributed by atoms with E-state index in [1.54, 1.807) is 6.92 Å². The number of Topliss-reactive ketones (excluding diaryl/α,β-unsaturated/α-hetero) is 1. The second kappa shape index (κ2) is 41.7. The number of rotatable bonds is 38. The molecule has 0 amide bonds. The number of esters is 1. The molecule has 4 atom stereocenters. The topological polar surface area (TPSA) is 152 Å². The fourth-order valence-corrected chi connectivity index (χ4v) is 18.3. The lowest BCUT2D eigenvalue weighted by atomic mass is 9.86. The van der Waals surface area contributed by atoms with Crippen LogP contribution in [0.5, 0.6) is 0 Å². The summed E-state index contributed by atoms with van der Waals surface area (Å²) in [5, 5.41) is 39.9. The predicted molar refractivity (Wildman–Crippen MR) is 392 cm³/mol. The maximum Gasteiger partial charge on any atom is 0.487 e. The van der Waals surface area contributed by atoms with Gasteiger partial charge in [0, 0.05) is 25.7 Å². The number of carbonyl (C=O) groups excluding carboxylic acids is 2. The number of hydrogen-bond acceptors (Lipinski definition) is 10. The first-order valence-electron chi connectivity index (χ1n) is 35.5. The molecule has 1 aliphatic heterocycles. The molecule has 10 nitrogen and oxygen atoms in total. The molecule has 1 saturated carbocycles. The molecule has 0 bridgehead atoms. The molecule has 0 unspecified atom stereocenters. The standard InChI is InChI=1S/C32H50O4.C29H45BO5.C19H36OSi/c1-24-28(22-29(33)23-30(24)34)16-12-15-27-20-25(13-8-6-10-17-31(2,3)35)19-26(21-27)14-9-7-11-18-32(4,5)36;1-7-33-27(32)17-13-9-12-16-25-20-24(15-11-8-10-14-23(2)31)21-26(22-25)18-19-30-34-28(3,4)29(5,6)35-30;1-11-12-18(10)13-19(14(2)3)20-21(15(4)5,16(6)7)17(8)9/h12,15-16,19-21,29-30,33-36H,1,6-11,13-14,17-18,22-23H2,2-5H3;18-22H,7-17H2,1-6H3;1,15-19H,2,12-13H2,3-10H3/b15-12+,28-16-;19-18+;/t29-,30+;;18-,19+/m1.1/s1. The molecule has 0 spiro atoms. The van der Waals surface area contributed by atoms with E-state index in [1.807, 2.05) is 52.7 Å². The lowest BCUT2D eigenvalue weighted by Gasteiger charge is -2.45. The number of ether oxygens (including phenoxy) is 1. The zero-order valence-corrected chi connectivity index (χ0v) is 62.4. The minimum atomic E-state index is -1.86. The van der Waals surface area contributed by atoms with Gasteiger partial charge in [0.2, 0.25) is 8.32 Å². The molecule has 518 valence electrons. The van der Waals surface area contributed by atoms with Crippen LogP contribution in [0, 0.1) is 18.3 Å². The first-order chi connectivity index (χ1) is 42.9. The van der Waals surface area contributed by atoms with Crippen LogP contribution in [0.2, 0.25) is 16.6 Å². The van der Waals surface area contributed by atoms with E-state index in [2.05, 4.69) is 151 Å². The second-order valence-electron chi connectivity index (χ2n) is 30.2. The number of aliphatic hydroxyl groups excluding tert-OH is 2. The average Bonchev–Trinajstić information content (AvgIpc) is 1.23. The maximum atomic E-state index is 11.5. The average molecular weight is 1290 g/mol. The molecule has 4 N–H and O–H groups in total. The Kier molecular flexibility index (Phi) is 38.1. The molecule has 0 radical (unpaired) electrons. The Hall–Kier alpha value is -4.16. The summed E-state index contributed by atoms with van der Waals surface area (Å²) in [6.07, 6.45) is 34.6. The fourth-order valence-electron chi connectivity index (χ4n) is 12.7. The Morgan fingerprint density at radius 2 is 1.14 bits per heavy atom. The molecule has 2 aliphatic rings. The third-order valence-corrected chi connectivity index (χ3v) is 24.7. The third-order valence-electron chi connectivity index (χ3n) is 18.6. The molecule has 0 aromatic heterocycles. The zero-order chi connectivity index (χ0) is 69.5. The summed E-state index contributed by atoms with van der Waals surface area (Å²) in [5.41, 5.74) is 10.3. The quantitative estimate of drug-likeness (QED) is 0.0168. The molecule has 1 saturated heterocycles. The minimum Gasteiger partial charge on any atom is -0.466 e. The summed E-state index contributed by atoms with van der Waals surface area (Å²) in [6, 6.07) is 13.6. The van der Waals surface area contributed by atoms with E-state index in [0.29, 0.717) is 60.4 Å². The smallest absolute Gasteiger partial charge is 0.466 e. The van der Waals surface area contributed by atoms with Crippen molar-refractivity contribution in [2.45, 2.75) is 336 Å². The van der Waals surface area contributed by atoms with Crippen LogP contribution in [-0.2, 0) is 53.7 Å². The molecular weight excluding hydrogens is 1160 g/mol. The highest BCUT2D eigenvalue weighted by atomic mass is 28.4. The van der Waals surface area contributed by atoms with Crippen molar-refractivity contribution in [1.29, 1.82) is 0 Å². The number of terminal acetylenes is 1. The SMILES string of the molecule is C#CC[C@@H](C)C[C@H](O[Si](C(C)C)(C(C)C)C(C)C)C(=C)C.C=C1/C(=C\C=C\c2cc(CCCCCC(C)(C)O)cc(CCCCCC(C)(C)O)c2)C[C@@H](O)C[C@@H]1O.CCOC(=O)CCCCCc1cc(/C=C/B2OC(C)(C)C(C)(C)O2)cc(CCCCCC(C)=O)c1. The Morgan fingerprint density at radius 1 is 0.707 bits per heavy atom. The van der Waals surface area contributed by atoms with E-state index < -0.39 is 31.7 Å². The molecule has 4 rings (SSSR count). The van der Waals surface area contributed by atoms with E-state index in [1.165, 1.54) is 22.3 Å². The predicted octanol–water partition coefficient (Wildman–Crippen LogP) is 19.3. The van der Waals surface area contributed by atoms with Gasteiger partial charge in [0.1, 0.15) is 5.78 Å². The number of ketones is 1. The normalized spacial score (nSPS) is 17.9. The van der Waals surface area contributed by atoms with Gasteiger partial charge in [-0.3, -0.25) is 4.79 Å². The summed E-state index contributed by atoms with van der Waals surface area (Å²) in [5.74, 6) is 5.42. The van der Waals surface area contributed by atoms with E-state index in [4.69, 9.17) is 24.9 Å². The maximum absolute atomic E-state index is 11.5. The molecule has 2 fully saturated rings. The van der Waals surface area contributed by atoms with Crippen LogP contribution in [0.15, 0.2) is 84.4 Å². The molecule has 1 heterocycles. The van der Waals surface area contributed by atoms with Crippen molar-refractivity contribution >= 4 is 39.3 Å². The Morgan fingerprint density at radius 3 is 1.54 bits per heavy atom. The van der Waals surface area contributed by atoms with Crippen molar-refractivity contribution in [2.24, 2.45) is 5.92 Å². The molecule has 2 aromatic rings. The van der Waals surface area contributed by atoms with Gasteiger partial charge in [-0.25, -0.2) is 0 Å². The number of hydrogen-bond donors (Lipinski definition) is 4. The van der Waals surface area contributed by atoms with Crippen LogP contribution in [0.1, 0.15) is 286 Å². The number of aliphatic hydroxyl groups is 4. The fraction of sp³-hybridized carbons (Fsp3) is 0.675. The van der Waals surface area contributed by atoms with Crippen molar-refractivity contribution in [3.63, 3.8) is 0 Å². The van der Waals surface area contributed by atoms with Gasteiger partial charge in [-0.2, -0.15) is 0 Å². The van der Waals surface area contributed by atoms with Gasteiger partial charge in [-0.05, 0) is 233 Å². The highest BCUT2D eigenvalue weighted by molar-refractivity contribution is 6.77. The zero-order valence-electron chi connectivity index (χ0n) is 61.4. The molecule has 92 heavy (non-hydrogen) atoms. The minimum absolute atomic E-state index is 0.102. The summed E-state index contributed by atoms with van der Waals surface area (Å²) in [6.45, 7) is 46.1. The van der Waals surface area contributed by atoms with Crippen LogP contribution in [0.25, 0.3) is 12.2 Å². The molecule has 2 aromatic carbocycles. The third kappa shape index (κ3) is 33.0. The molecule has 12 heteroatoms. The number of unbranched alkanes of at least 4 members (excludes halogenated alkanes) is 8. The number of aryl methyl sites for hydroxylation is 4. The van der Waals surface area contributed by atoms with Gasteiger partial charge >= 0.3 is 13.1 Å². The Labute approximate surface area is 563 Å². The van der Waals surface area contributed by atoms with Gasteiger partial charge in [-0.1, -0.05) is 172 Å². The van der Waals surface area contributed by atoms with Crippen LogP contribution in [0.4, 0.5) is 0 Å². The summed E-state index contributed by atoms with van der Waals surface area (Å²) >= 11 is 0. The van der Waals surface area contributed by atoms with Crippen molar-refractivity contribution in [2.75, 3.05) is 6.61 Å². The number of carbonyl (C=O) groups is 2. The lowest BCUT2D eigenvalue weighted by Crippen LogP contribution is -2.50. The van der Waals surface area contributed by atoms with Crippen molar-refractivity contribution in [3.8, 4) is 12.3 Å². The van der Waals surface area contributed by atoms with Crippen molar-refractivity contribution in [3.05, 3.63) is 118 Å². The first-order valence-corrected chi connectivity index (χ1v) is 37.7. The second-order valence-corrected chi connectivity index (χ2v) is 35.6. The van der Waals surface area contributed by atoms with Crippen LogP contribution < -0.4 is 0 Å². The summed E-state index contributed by atoms with van der Waals surface area (Å²) in [7, 11) is -2.22. The van der Waals surface area contributed by atoms with Crippen LogP contribution in [-0.4, -0.2) is 94.9 Å². The molecule has 1 aliphatic carbocycles. The Balaban J connectivity index is 0.000000488. The van der Waals surface area contributed by atoms with Gasteiger partial charge in [-0.15, -0.1) is 12.3 Å². The van der Waals surface area contributed by atoms with Crippen molar-refractivity contribution < 1.29 is 48.5 Å². The van der Waals surface area contributed by atoms with E-state index >= 15 is 0 Å². The van der Waals surface area contributed by atoms with E-state index in [0.717, 1.165) is 151 Å². The highest BCUT2D eigenvalue weighted by Crippen LogP contribution is 2.44. The van der Waals surface area contributed by atoms with Gasteiger partial charge in [0.05, 0.1) is 47.3 Å². The first kappa shape index (κ1) is 83.9. The van der Waals surface area contributed by atoms with Gasteiger partial charge in [0.15, 0.2) is 0 Å². The van der Waals surface area contributed by atoms with E-state index in [-0.39, 0.29) is 36.2 Å². The van der Waals surface area contributed by atoms with Gasteiger partial charge in [0.25, 0.3) is 0 Å². The highest BCUT2D eigenvalue weighted by Gasteiger charge is 2.50. The Bertz CT molecular complexity index is 2580.